The van der Waals surface area contributed by atoms with Crippen molar-refractivity contribution in [1.82, 2.24) is 14.8 Å². The maximum absolute atomic E-state index is 12.4. The first-order valence-corrected chi connectivity index (χ1v) is 8.45. The number of carbonyl (C=O) groups is 1. The molecule has 4 rings (SSSR count). The maximum Gasteiger partial charge on any atom is 0.270 e. The van der Waals surface area contributed by atoms with Crippen LogP contribution in [0.2, 0.25) is 0 Å². The number of hydrogen-bond donors (Lipinski definition) is 1. The first-order chi connectivity index (χ1) is 10.3. The van der Waals surface area contributed by atoms with Crippen LogP contribution in [0.25, 0.3) is 0 Å². The van der Waals surface area contributed by atoms with Crippen LogP contribution in [-0.2, 0) is 0 Å². The lowest BCUT2D eigenvalue weighted by Crippen LogP contribution is -2.53. The molecule has 0 unspecified atom stereocenters. The molecule has 0 radical (unpaired) electrons. The van der Waals surface area contributed by atoms with E-state index in [1.165, 1.54) is 38.8 Å². The molecule has 3 fully saturated rings. The summed E-state index contributed by atoms with van der Waals surface area (Å²) in [5.74, 6) is 1.14. The molecule has 114 valence electrons. The van der Waals surface area contributed by atoms with Gasteiger partial charge < -0.3 is 9.88 Å². The zero-order chi connectivity index (χ0) is 14.3. The van der Waals surface area contributed by atoms with Crippen LogP contribution < -0.4 is 0 Å². The number of hydrogen-bond acceptors (Lipinski definition) is 2. The van der Waals surface area contributed by atoms with Crippen LogP contribution in [0.5, 0.6) is 0 Å². The average Bonchev–Trinajstić information content (AvgIpc) is 3.01. The monoisotopic (exact) mass is 287 g/mol. The number of rotatable bonds is 3. The van der Waals surface area contributed by atoms with Gasteiger partial charge in [0, 0.05) is 31.4 Å². The highest BCUT2D eigenvalue weighted by Crippen LogP contribution is 2.41. The number of aromatic amines is 1. The van der Waals surface area contributed by atoms with Gasteiger partial charge in [0.25, 0.3) is 5.91 Å². The summed E-state index contributed by atoms with van der Waals surface area (Å²) in [4.78, 5) is 20.2. The SMILES string of the molecule is O=C(c1ccc[nH]1)N1CCC2(CCCN2CC2CC2)CC1. The third-order valence-corrected chi connectivity index (χ3v) is 5.73. The highest BCUT2D eigenvalue weighted by Gasteiger charge is 2.45. The van der Waals surface area contributed by atoms with Gasteiger partial charge in [0.05, 0.1) is 0 Å². The minimum Gasteiger partial charge on any atom is -0.357 e. The third-order valence-electron chi connectivity index (χ3n) is 5.73. The molecule has 3 heterocycles. The van der Waals surface area contributed by atoms with E-state index in [1.54, 1.807) is 0 Å². The van der Waals surface area contributed by atoms with Crippen molar-refractivity contribution >= 4 is 5.91 Å². The Morgan fingerprint density at radius 1 is 1.24 bits per heavy atom. The van der Waals surface area contributed by atoms with Crippen molar-refractivity contribution in [2.45, 2.75) is 44.1 Å². The van der Waals surface area contributed by atoms with Gasteiger partial charge in [-0.1, -0.05) is 0 Å². The standard InChI is InChI=1S/C17H25N3O/c21-16(15-3-1-9-18-15)19-11-7-17(8-12-19)6-2-10-20(17)13-14-4-5-14/h1,3,9,14,18H,2,4-8,10-13H2. The molecule has 1 N–H and O–H groups in total. The van der Waals surface area contributed by atoms with Crippen LogP contribution in [0.1, 0.15) is 49.0 Å². The molecule has 2 saturated heterocycles. The first kappa shape index (κ1) is 13.4. The van der Waals surface area contributed by atoms with Gasteiger partial charge in [-0.3, -0.25) is 9.69 Å². The summed E-state index contributed by atoms with van der Waals surface area (Å²) in [7, 11) is 0. The normalized spacial score (nSPS) is 25.6. The molecule has 1 spiro atoms. The van der Waals surface area contributed by atoms with Crippen LogP contribution in [0.4, 0.5) is 0 Å². The third kappa shape index (κ3) is 2.50. The molecule has 4 heteroatoms. The summed E-state index contributed by atoms with van der Waals surface area (Å²) in [6.45, 7) is 4.42. The van der Waals surface area contributed by atoms with Gasteiger partial charge in [-0.2, -0.15) is 0 Å². The Balaban J connectivity index is 1.40. The quantitative estimate of drug-likeness (QED) is 0.928. The number of nitrogens with zero attached hydrogens (tertiary/aromatic N) is 2. The Hall–Kier alpha value is -1.29. The molecule has 2 aliphatic heterocycles. The zero-order valence-corrected chi connectivity index (χ0v) is 12.7. The molecular weight excluding hydrogens is 262 g/mol. The Bertz CT molecular complexity index is 498. The molecule has 4 nitrogen and oxygen atoms in total. The number of piperidine rings is 1. The summed E-state index contributed by atoms with van der Waals surface area (Å²) >= 11 is 0. The van der Waals surface area contributed by atoms with Gasteiger partial charge in [-0.25, -0.2) is 0 Å². The van der Waals surface area contributed by atoms with Crippen molar-refractivity contribution in [2.24, 2.45) is 5.92 Å². The topological polar surface area (TPSA) is 39.3 Å². The summed E-state index contributed by atoms with van der Waals surface area (Å²) in [5, 5.41) is 0. The molecule has 21 heavy (non-hydrogen) atoms. The van der Waals surface area contributed by atoms with Gasteiger partial charge in [0.15, 0.2) is 0 Å². The average molecular weight is 287 g/mol. The molecule has 1 aromatic heterocycles. The van der Waals surface area contributed by atoms with Gasteiger partial charge in [0.2, 0.25) is 0 Å². The summed E-state index contributed by atoms with van der Waals surface area (Å²) in [5.41, 5.74) is 1.14. The van der Waals surface area contributed by atoms with Crippen molar-refractivity contribution in [2.75, 3.05) is 26.2 Å². The lowest BCUT2D eigenvalue weighted by atomic mass is 9.84. The fraction of sp³-hybridized carbons (Fsp3) is 0.706. The summed E-state index contributed by atoms with van der Waals surface area (Å²) in [6, 6.07) is 3.77. The smallest absolute Gasteiger partial charge is 0.270 e. The van der Waals surface area contributed by atoms with Crippen molar-refractivity contribution < 1.29 is 4.79 Å². The Labute approximate surface area is 126 Å². The second-order valence-electron chi connectivity index (χ2n) is 7.09. The Kier molecular flexibility index (Phi) is 3.29. The van der Waals surface area contributed by atoms with Crippen LogP contribution in [-0.4, -0.2) is 52.4 Å². The van der Waals surface area contributed by atoms with Crippen LogP contribution in [0.15, 0.2) is 18.3 Å². The predicted molar refractivity (Wildman–Crippen MR) is 82.2 cm³/mol. The van der Waals surface area contributed by atoms with E-state index < -0.39 is 0 Å². The molecule has 0 aromatic carbocycles. The molecule has 1 amide bonds. The number of carbonyl (C=O) groups excluding carboxylic acids is 1. The molecule has 3 aliphatic rings. The first-order valence-electron chi connectivity index (χ1n) is 8.45. The molecule has 1 aliphatic carbocycles. The highest BCUT2D eigenvalue weighted by molar-refractivity contribution is 5.92. The van der Waals surface area contributed by atoms with Crippen LogP contribution >= 0.6 is 0 Å². The summed E-state index contributed by atoms with van der Waals surface area (Å²) < 4.78 is 0. The van der Waals surface area contributed by atoms with Crippen molar-refractivity contribution in [1.29, 1.82) is 0 Å². The largest absolute Gasteiger partial charge is 0.357 e. The number of amides is 1. The number of H-pyrrole nitrogens is 1. The van der Waals surface area contributed by atoms with Crippen LogP contribution in [0.3, 0.4) is 0 Å². The fourth-order valence-electron chi connectivity index (χ4n) is 4.22. The van der Waals surface area contributed by atoms with E-state index in [2.05, 4.69) is 9.88 Å². The lowest BCUT2D eigenvalue weighted by Gasteiger charge is -2.45. The zero-order valence-electron chi connectivity index (χ0n) is 12.7. The highest BCUT2D eigenvalue weighted by atomic mass is 16.2. The summed E-state index contributed by atoms with van der Waals surface area (Å²) in [6.07, 6.45) is 9.70. The van der Waals surface area contributed by atoms with Crippen molar-refractivity contribution in [3.63, 3.8) is 0 Å². The fourth-order valence-corrected chi connectivity index (χ4v) is 4.22. The molecule has 0 atom stereocenters. The van der Waals surface area contributed by atoms with E-state index in [9.17, 15) is 4.79 Å². The number of aromatic nitrogens is 1. The van der Waals surface area contributed by atoms with Gasteiger partial charge in [-0.05, 0) is 63.1 Å². The van der Waals surface area contributed by atoms with E-state index in [4.69, 9.17) is 0 Å². The molecule has 1 aromatic rings. The van der Waals surface area contributed by atoms with E-state index in [0.29, 0.717) is 5.54 Å². The number of likely N-dealkylation sites (tertiary alicyclic amines) is 2. The van der Waals surface area contributed by atoms with Crippen molar-refractivity contribution in [3.05, 3.63) is 24.0 Å². The van der Waals surface area contributed by atoms with Crippen LogP contribution in [0, 0.1) is 5.92 Å². The van der Waals surface area contributed by atoms with E-state index in [0.717, 1.165) is 37.5 Å². The molecule has 1 saturated carbocycles. The maximum atomic E-state index is 12.4. The second-order valence-corrected chi connectivity index (χ2v) is 7.09. The minimum absolute atomic E-state index is 0.168. The van der Waals surface area contributed by atoms with Gasteiger partial charge in [-0.15, -0.1) is 0 Å². The molecule has 0 bridgehead atoms. The van der Waals surface area contributed by atoms with E-state index >= 15 is 0 Å². The minimum atomic E-state index is 0.168. The van der Waals surface area contributed by atoms with Gasteiger partial charge >= 0.3 is 0 Å². The van der Waals surface area contributed by atoms with E-state index in [-0.39, 0.29) is 5.91 Å². The van der Waals surface area contributed by atoms with Gasteiger partial charge in [0.1, 0.15) is 5.69 Å². The second kappa shape index (κ2) is 5.16. The molecular formula is C17H25N3O. The van der Waals surface area contributed by atoms with Crippen molar-refractivity contribution in [3.8, 4) is 0 Å². The lowest BCUT2D eigenvalue weighted by molar-refractivity contribution is 0.0393. The predicted octanol–water partition coefficient (Wildman–Crippen LogP) is 2.50. The Morgan fingerprint density at radius 3 is 2.71 bits per heavy atom. The Morgan fingerprint density at radius 2 is 2.05 bits per heavy atom. The van der Waals surface area contributed by atoms with E-state index in [1.807, 2.05) is 23.2 Å². The number of nitrogens with one attached hydrogen (secondary N) is 1.